The maximum Gasteiger partial charge on any atom is 0.224 e. The molecule has 1 fully saturated rings. The predicted octanol–water partition coefficient (Wildman–Crippen LogP) is 2.31. The average molecular weight is 390 g/mol. The van der Waals surface area contributed by atoms with E-state index in [0.29, 0.717) is 12.1 Å². The van der Waals surface area contributed by atoms with Crippen LogP contribution >= 0.6 is 0 Å². The van der Waals surface area contributed by atoms with Gasteiger partial charge in [0.1, 0.15) is 5.75 Å². The molecule has 6 heteroatoms. The Morgan fingerprint density at radius 2 is 1.79 bits per heavy atom. The zero-order chi connectivity index (χ0) is 20.7. The molecule has 0 bridgehead atoms. The average Bonchev–Trinajstić information content (AvgIpc) is 2.61. The van der Waals surface area contributed by atoms with Crippen LogP contribution in [-0.4, -0.2) is 55.0 Å². The fourth-order valence-corrected chi connectivity index (χ4v) is 3.99. The van der Waals surface area contributed by atoms with Crippen molar-refractivity contribution in [2.45, 2.75) is 52.0 Å². The molecule has 0 radical (unpaired) electrons. The van der Waals surface area contributed by atoms with Crippen molar-refractivity contribution in [3.8, 4) is 5.75 Å². The van der Waals surface area contributed by atoms with Crippen molar-refractivity contribution in [3.63, 3.8) is 0 Å². The van der Waals surface area contributed by atoms with Gasteiger partial charge in [0.2, 0.25) is 11.8 Å². The normalized spacial score (nSPS) is 20.0. The number of carbonyl (C=O) groups is 2. The zero-order valence-corrected chi connectivity index (χ0v) is 17.6. The van der Waals surface area contributed by atoms with Crippen molar-refractivity contribution in [2.75, 3.05) is 27.2 Å². The van der Waals surface area contributed by atoms with Crippen LogP contribution in [0.2, 0.25) is 0 Å². The van der Waals surface area contributed by atoms with Crippen molar-refractivity contribution in [1.29, 1.82) is 0 Å². The van der Waals surface area contributed by atoms with Crippen LogP contribution in [0, 0.1) is 11.3 Å². The molecule has 0 unspecified atom stereocenters. The molecular weight excluding hydrogens is 354 g/mol. The Morgan fingerprint density at radius 3 is 2.39 bits per heavy atom. The van der Waals surface area contributed by atoms with E-state index in [1.54, 1.807) is 18.2 Å². The fraction of sp³-hybridized carbons (Fsp3) is 0.636. The van der Waals surface area contributed by atoms with Crippen LogP contribution in [0.15, 0.2) is 24.3 Å². The largest absolute Gasteiger partial charge is 0.508 e. The van der Waals surface area contributed by atoms with Gasteiger partial charge in [0.25, 0.3) is 0 Å². The van der Waals surface area contributed by atoms with E-state index >= 15 is 0 Å². The first-order chi connectivity index (χ1) is 13.2. The Morgan fingerprint density at radius 1 is 1.14 bits per heavy atom. The Hall–Kier alpha value is -2.08. The number of nitrogens with zero attached hydrogens (tertiary/aromatic N) is 1. The van der Waals surface area contributed by atoms with Gasteiger partial charge in [-0.15, -0.1) is 0 Å². The zero-order valence-electron chi connectivity index (χ0n) is 17.6. The topological polar surface area (TPSA) is 81.7 Å². The highest BCUT2D eigenvalue weighted by Gasteiger charge is 2.28. The third kappa shape index (κ3) is 7.15. The standard InChI is InChI=1S/C22H35N3O3/c1-22(2,15-25(3)4)14-23-21(28)16-9-11-18(12-10-16)24-20(27)13-17-7-5-6-8-19(17)26/h5-8,16,18,26H,9-15H2,1-4H3,(H,23,28)(H,24,27). The summed E-state index contributed by atoms with van der Waals surface area (Å²) in [7, 11) is 4.08. The molecule has 6 nitrogen and oxygen atoms in total. The second-order valence-electron chi connectivity index (χ2n) is 9.04. The number of aromatic hydroxyl groups is 1. The number of hydrogen-bond acceptors (Lipinski definition) is 4. The SMILES string of the molecule is CN(C)CC(C)(C)CNC(=O)C1CCC(NC(=O)Cc2ccccc2O)CC1. The molecule has 0 aliphatic heterocycles. The van der Waals surface area contributed by atoms with E-state index in [-0.39, 0.29) is 41.4 Å². The van der Waals surface area contributed by atoms with E-state index in [1.807, 2.05) is 20.2 Å². The molecule has 0 atom stereocenters. The van der Waals surface area contributed by atoms with E-state index in [9.17, 15) is 14.7 Å². The summed E-state index contributed by atoms with van der Waals surface area (Å²) >= 11 is 0. The Labute approximate surface area is 168 Å². The molecule has 0 saturated heterocycles. The van der Waals surface area contributed by atoms with E-state index < -0.39 is 0 Å². The van der Waals surface area contributed by atoms with Crippen LogP contribution in [0.5, 0.6) is 5.75 Å². The summed E-state index contributed by atoms with van der Waals surface area (Å²) in [5.41, 5.74) is 0.668. The van der Waals surface area contributed by atoms with Gasteiger partial charge in [-0.3, -0.25) is 9.59 Å². The highest BCUT2D eigenvalue weighted by molar-refractivity contribution is 5.80. The number of phenolic OH excluding ortho intramolecular Hbond substituents is 1. The Balaban J connectivity index is 1.72. The smallest absolute Gasteiger partial charge is 0.224 e. The molecule has 0 heterocycles. The fourth-order valence-electron chi connectivity index (χ4n) is 3.99. The van der Waals surface area contributed by atoms with E-state index in [4.69, 9.17) is 0 Å². The lowest BCUT2D eigenvalue weighted by Crippen LogP contribution is -2.44. The van der Waals surface area contributed by atoms with Gasteiger partial charge < -0.3 is 20.6 Å². The summed E-state index contributed by atoms with van der Waals surface area (Å²) in [4.78, 5) is 26.9. The van der Waals surface area contributed by atoms with Gasteiger partial charge in [0.15, 0.2) is 0 Å². The monoisotopic (exact) mass is 389 g/mol. The molecule has 1 aromatic rings. The molecule has 0 aromatic heterocycles. The molecule has 0 spiro atoms. The quantitative estimate of drug-likeness (QED) is 0.637. The molecule has 1 saturated carbocycles. The van der Waals surface area contributed by atoms with Crippen molar-refractivity contribution in [2.24, 2.45) is 11.3 Å². The Bertz CT molecular complexity index is 665. The lowest BCUT2D eigenvalue weighted by atomic mass is 9.85. The first kappa shape index (κ1) is 22.2. The van der Waals surface area contributed by atoms with Crippen molar-refractivity contribution >= 4 is 11.8 Å². The maximum absolute atomic E-state index is 12.5. The summed E-state index contributed by atoms with van der Waals surface area (Å²) < 4.78 is 0. The highest BCUT2D eigenvalue weighted by atomic mass is 16.3. The van der Waals surface area contributed by atoms with Gasteiger partial charge in [-0.1, -0.05) is 32.0 Å². The minimum Gasteiger partial charge on any atom is -0.508 e. The van der Waals surface area contributed by atoms with Gasteiger partial charge >= 0.3 is 0 Å². The molecule has 28 heavy (non-hydrogen) atoms. The number of rotatable bonds is 8. The Kier molecular flexibility index (Phi) is 7.87. The molecule has 2 amide bonds. The van der Waals surface area contributed by atoms with Crippen LogP contribution in [0.4, 0.5) is 0 Å². The minimum atomic E-state index is -0.0835. The molecular formula is C22H35N3O3. The first-order valence-electron chi connectivity index (χ1n) is 10.1. The van der Waals surface area contributed by atoms with Crippen molar-refractivity contribution in [3.05, 3.63) is 29.8 Å². The van der Waals surface area contributed by atoms with Crippen molar-refractivity contribution < 1.29 is 14.7 Å². The minimum absolute atomic E-state index is 0.0291. The van der Waals surface area contributed by atoms with Gasteiger partial charge in [0, 0.05) is 30.6 Å². The third-order valence-electron chi connectivity index (χ3n) is 5.29. The van der Waals surface area contributed by atoms with Gasteiger partial charge in [-0.25, -0.2) is 0 Å². The lowest BCUT2D eigenvalue weighted by Gasteiger charge is -2.31. The maximum atomic E-state index is 12.5. The summed E-state index contributed by atoms with van der Waals surface area (Å²) in [6.45, 7) is 5.90. The van der Waals surface area contributed by atoms with Crippen LogP contribution in [0.1, 0.15) is 45.1 Å². The van der Waals surface area contributed by atoms with E-state index in [2.05, 4.69) is 29.4 Å². The van der Waals surface area contributed by atoms with E-state index in [0.717, 1.165) is 32.2 Å². The molecule has 1 aliphatic rings. The lowest BCUT2D eigenvalue weighted by molar-refractivity contribution is -0.126. The summed E-state index contributed by atoms with van der Waals surface area (Å²) in [6, 6.07) is 7.00. The number of phenols is 1. The number of nitrogens with one attached hydrogen (secondary N) is 2. The first-order valence-corrected chi connectivity index (χ1v) is 10.1. The predicted molar refractivity (Wildman–Crippen MR) is 111 cm³/mol. The van der Waals surface area contributed by atoms with Crippen molar-refractivity contribution in [1.82, 2.24) is 15.5 Å². The highest BCUT2D eigenvalue weighted by Crippen LogP contribution is 2.25. The van der Waals surface area contributed by atoms with Crippen LogP contribution in [0.3, 0.4) is 0 Å². The van der Waals surface area contributed by atoms with E-state index in [1.165, 1.54) is 0 Å². The van der Waals surface area contributed by atoms with Crippen LogP contribution < -0.4 is 10.6 Å². The number of carbonyl (C=O) groups excluding carboxylic acids is 2. The summed E-state index contributed by atoms with van der Waals surface area (Å²) in [5, 5.41) is 15.9. The molecule has 1 aliphatic carbocycles. The van der Waals surface area contributed by atoms with Gasteiger partial charge in [0.05, 0.1) is 6.42 Å². The van der Waals surface area contributed by atoms with Gasteiger partial charge in [-0.05, 0) is 51.3 Å². The summed E-state index contributed by atoms with van der Waals surface area (Å²) in [5.74, 6) is 0.224. The molecule has 156 valence electrons. The second kappa shape index (κ2) is 9.92. The molecule has 2 rings (SSSR count). The second-order valence-corrected chi connectivity index (χ2v) is 9.04. The van der Waals surface area contributed by atoms with Crippen LogP contribution in [-0.2, 0) is 16.0 Å². The number of hydrogen-bond donors (Lipinski definition) is 3. The van der Waals surface area contributed by atoms with Gasteiger partial charge in [-0.2, -0.15) is 0 Å². The number of benzene rings is 1. The number of para-hydroxylation sites is 1. The molecule has 3 N–H and O–H groups in total. The molecule has 1 aromatic carbocycles. The summed E-state index contributed by atoms with van der Waals surface area (Å²) in [6.07, 6.45) is 3.38. The van der Waals surface area contributed by atoms with Crippen LogP contribution in [0.25, 0.3) is 0 Å². The third-order valence-corrected chi connectivity index (χ3v) is 5.29. The number of amides is 2.